The van der Waals surface area contributed by atoms with Crippen LogP contribution >= 0.6 is 10.7 Å². The molecule has 0 aliphatic rings. The number of rotatable bonds is 4. The van der Waals surface area contributed by atoms with Gasteiger partial charge in [0.15, 0.2) is 5.82 Å². The van der Waals surface area contributed by atoms with E-state index in [-0.39, 0.29) is 5.16 Å². The first-order valence-corrected chi connectivity index (χ1v) is 8.19. The van der Waals surface area contributed by atoms with Gasteiger partial charge in [0.2, 0.25) is 0 Å². The van der Waals surface area contributed by atoms with E-state index in [9.17, 15) is 8.42 Å². The topological polar surface area (TPSA) is 64.8 Å². The number of aryl methyl sites for hydroxylation is 1. The summed E-state index contributed by atoms with van der Waals surface area (Å²) in [6, 6.07) is 7.66. The van der Waals surface area contributed by atoms with Gasteiger partial charge in [-0.1, -0.05) is 30.7 Å². The molecule has 7 heteroatoms. The van der Waals surface area contributed by atoms with Crippen LogP contribution in [0.5, 0.6) is 0 Å². The van der Waals surface area contributed by atoms with Gasteiger partial charge in [0, 0.05) is 22.8 Å². The molecule has 0 atom stereocenters. The Bertz CT molecular complexity index is 695. The van der Waals surface area contributed by atoms with Crippen molar-refractivity contribution in [1.82, 2.24) is 14.8 Å². The number of hydrogen-bond donors (Lipinski definition) is 0. The molecule has 1 aromatic carbocycles. The van der Waals surface area contributed by atoms with E-state index in [0.717, 1.165) is 17.5 Å². The molecular formula is C12H14ClN3O2S. The maximum absolute atomic E-state index is 11.5. The van der Waals surface area contributed by atoms with Crippen LogP contribution in [0.15, 0.2) is 29.4 Å². The highest BCUT2D eigenvalue weighted by Crippen LogP contribution is 2.23. The second-order valence-electron chi connectivity index (χ2n) is 4.27. The van der Waals surface area contributed by atoms with Crippen molar-refractivity contribution < 1.29 is 8.42 Å². The van der Waals surface area contributed by atoms with Gasteiger partial charge in [-0.05, 0) is 19.4 Å². The Morgan fingerprint density at radius 1 is 1.32 bits per heavy atom. The predicted molar refractivity (Wildman–Crippen MR) is 73.5 cm³/mol. The van der Waals surface area contributed by atoms with Crippen molar-refractivity contribution in [2.24, 2.45) is 0 Å². The van der Waals surface area contributed by atoms with Gasteiger partial charge in [-0.3, -0.25) is 4.57 Å². The summed E-state index contributed by atoms with van der Waals surface area (Å²) in [6.45, 7) is 4.41. The van der Waals surface area contributed by atoms with Crippen LogP contribution in [-0.2, 0) is 15.6 Å². The standard InChI is InChI=1S/C12H14ClN3O2S/c1-3-7-16-11(10-6-4-5-9(2)8-10)14-15-12(16)19(13,17)18/h4-6,8H,3,7H2,1-2H3. The highest BCUT2D eigenvalue weighted by molar-refractivity contribution is 8.13. The maximum atomic E-state index is 11.5. The van der Waals surface area contributed by atoms with Gasteiger partial charge in [0.05, 0.1) is 0 Å². The third-order valence-corrected chi connectivity index (χ3v) is 3.81. The first kappa shape index (κ1) is 14.0. The molecule has 102 valence electrons. The van der Waals surface area contributed by atoms with Gasteiger partial charge < -0.3 is 0 Å². The zero-order valence-electron chi connectivity index (χ0n) is 10.7. The lowest BCUT2D eigenvalue weighted by atomic mass is 10.1. The zero-order chi connectivity index (χ0) is 14.0. The lowest BCUT2D eigenvalue weighted by Gasteiger charge is -2.07. The summed E-state index contributed by atoms with van der Waals surface area (Å²) < 4.78 is 24.5. The van der Waals surface area contributed by atoms with Crippen LogP contribution in [0.3, 0.4) is 0 Å². The third kappa shape index (κ3) is 2.96. The summed E-state index contributed by atoms with van der Waals surface area (Å²) in [7, 11) is 1.49. The second kappa shape index (κ2) is 5.30. The number of benzene rings is 1. The molecule has 0 aliphatic carbocycles. The Kier molecular flexibility index (Phi) is 3.91. The van der Waals surface area contributed by atoms with Crippen LogP contribution < -0.4 is 0 Å². The molecule has 1 heterocycles. The lowest BCUT2D eigenvalue weighted by Crippen LogP contribution is -2.07. The molecule has 0 spiro atoms. The highest BCUT2D eigenvalue weighted by atomic mass is 35.7. The summed E-state index contributed by atoms with van der Waals surface area (Å²) in [5.41, 5.74) is 1.89. The first-order chi connectivity index (χ1) is 8.93. The molecule has 0 bridgehead atoms. The molecule has 0 fully saturated rings. The van der Waals surface area contributed by atoms with Gasteiger partial charge in [-0.15, -0.1) is 10.2 Å². The monoisotopic (exact) mass is 299 g/mol. The smallest absolute Gasteiger partial charge is 0.296 e. The van der Waals surface area contributed by atoms with E-state index in [0.29, 0.717) is 12.4 Å². The van der Waals surface area contributed by atoms with Gasteiger partial charge in [-0.2, -0.15) is 0 Å². The van der Waals surface area contributed by atoms with Crippen LogP contribution in [0.25, 0.3) is 11.4 Å². The van der Waals surface area contributed by atoms with Crippen molar-refractivity contribution in [2.45, 2.75) is 32.0 Å². The number of aromatic nitrogens is 3. The van der Waals surface area contributed by atoms with Crippen LogP contribution in [0.2, 0.25) is 0 Å². The number of halogens is 1. The molecule has 0 unspecified atom stereocenters. The van der Waals surface area contributed by atoms with Crippen molar-refractivity contribution in [3.8, 4) is 11.4 Å². The van der Waals surface area contributed by atoms with E-state index in [4.69, 9.17) is 10.7 Å². The zero-order valence-corrected chi connectivity index (χ0v) is 12.2. The maximum Gasteiger partial charge on any atom is 0.296 e. The Balaban J connectivity index is 2.62. The fourth-order valence-electron chi connectivity index (χ4n) is 1.89. The molecule has 19 heavy (non-hydrogen) atoms. The van der Waals surface area contributed by atoms with Crippen molar-refractivity contribution in [2.75, 3.05) is 0 Å². The average Bonchev–Trinajstić information content (AvgIpc) is 2.73. The van der Waals surface area contributed by atoms with Gasteiger partial charge >= 0.3 is 0 Å². The fraction of sp³-hybridized carbons (Fsp3) is 0.333. The first-order valence-electron chi connectivity index (χ1n) is 5.88. The Morgan fingerprint density at radius 3 is 2.63 bits per heavy atom. The molecule has 2 rings (SSSR count). The quantitative estimate of drug-likeness (QED) is 0.814. The Labute approximate surface area is 116 Å². The van der Waals surface area contributed by atoms with E-state index in [1.54, 1.807) is 0 Å². The minimum absolute atomic E-state index is 0.201. The summed E-state index contributed by atoms with van der Waals surface area (Å²) >= 11 is 0. The SMILES string of the molecule is CCCn1c(-c2cccc(C)c2)nnc1S(=O)(=O)Cl. The van der Waals surface area contributed by atoms with E-state index >= 15 is 0 Å². The Morgan fingerprint density at radius 2 is 2.05 bits per heavy atom. The van der Waals surface area contributed by atoms with Crippen LogP contribution in [0.1, 0.15) is 18.9 Å². The van der Waals surface area contributed by atoms with E-state index in [1.807, 2.05) is 38.1 Å². The van der Waals surface area contributed by atoms with Crippen molar-refractivity contribution >= 4 is 19.7 Å². The summed E-state index contributed by atoms with van der Waals surface area (Å²) in [5, 5.41) is 7.47. The number of hydrogen-bond acceptors (Lipinski definition) is 4. The van der Waals surface area contributed by atoms with Crippen molar-refractivity contribution in [3.63, 3.8) is 0 Å². The molecule has 0 N–H and O–H groups in total. The minimum Gasteiger partial charge on any atom is -0.297 e. The van der Waals surface area contributed by atoms with Crippen LogP contribution in [0, 0.1) is 6.92 Å². The Hall–Kier alpha value is -1.40. The van der Waals surface area contributed by atoms with Gasteiger partial charge in [0.1, 0.15) is 0 Å². The summed E-state index contributed by atoms with van der Waals surface area (Å²) in [5.74, 6) is 0.518. The largest absolute Gasteiger partial charge is 0.297 e. The summed E-state index contributed by atoms with van der Waals surface area (Å²) in [4.78, 5) is 0. The van der Waals surface area contributed by atoms with Crippen molar-refractivity contribution in [1.29, 1.82) is 0 Å². The predicted octanol–water partition coefficient (Wildman–Crippen LogP) is 2.59. The molecule has 0 saturated heterocycles. The fourth-order valence-corrected chi connectivity index (χ4v) is 2.81. The van der Waals surface area contributed by atoms with Crippen molar-refractivity contribution in [3.05, 3.63) is 29.8 Å². The van der Waals surface area contributed by atoms with Gasteiger partial charge in [0.25, 0.3) is 14.2 Å². The average molecular weight is 300 g/mol. The highest BCUT2D eigenvalue weighted by Gasteiger charge is 2.22. The normalized spacial score (nSPS) is 11.7. The second-order valence-corrected chi connectivity index (χ2v) is 6.72. The molecule has 0 amide bonds. The number of nitrogens with zero attached hydrogens (tertiary/aromatic N) is 3. The third-order valence-electron chi connectivity index (χ3n) is 2.66. The van der Waals surface area contributed by atoms with E-state index in [1.165, 1.54) is 4.57 Å². The lowest BCUT2D eigenvalue weighted by molar-refractivity contribution is 0.570. The van der Waals surface area contributed by atoms with Crippen LogP contribution in [0.4, 0.5) is 0 Å². The minimum atomic E-state index is -3.89. The molecule has 5 nitrogen and oxygen atoms in total. The van der Waals surface area contributed by atoms with E-state index in [2.05, 4.69) is 10.2 Å². The van der Waals surface area contributed by atoms with E-state index < -0.39 is 9.05 Å². The van der Waals surface area contributed by atoms with Crippen LogP contribution in [-0.4, -0.2) is 23.2 Å². The molecule has 2 aromatic rings. The summed E-state index contributed by atoms with van der Waals surface area (Å²) in [6.07, 6.45) is 0.760. The molecule has 1 aromatic heterocycles. The molecular weight excluding hydrogens is 286 g/mol. The van der Waals surface area contributed by atoms with Gasteiger partial charge in [-0.25, -0.2) is 8.42 Å². The molecule has 0 radical (unpaired) electrons. The molecule has 0 aliphatic heterocycles. The molecule has 0 saturated carbocycles.